The largest absolute Gasteiger partial charge is 0.450 e. The first-order chi connectivity index (χ1) is 10.1. The molecular formula is C14H17ClN2O4. The number of alkyl carbamates (subject to hydrolysis) is 1. The number of nitrogens with zero attached hydrogens (tertiary/aromatic N) is 1. The Morgan fingerprint density at radius 3 is 2.86 bits per heavy atom. The van der Waals surface area contributed by atoms with Gasteiger partial charge in [0.2, 0.25) is 0 Å². The molecule has 0 bridgehead atoms. The Hall–Kier alpha value is -1.79. The van der Waals surface area contributed by atoms with Crippen molar-refractivity contribution in [2.45, 2.75) is 13.0 Å². The van der Waals surface area contributed by atoms with E-state index < -0.39 is 6.09 Å². The molecule has 0 radical (unpaired) electrons. The molecule has 21 heavy (non-hydrogen) atoms. The molecule has 7 heteroatoms. The minimum absolute atomic E-state index is 0.0161. The van der Waals surface area contributed by atoms with Gasteiger partial charge in [-0.05, 0) is 31.2 Å². The highest BCUT2D eigenvalue weighted by molar-refractivity contribution is 6.30. The van der Waals surface area contributed by atoms with Crippen LogP contribution in [0.2, 0.25) is 5.02 Å². The molecule has 0 aliphatic carbocycles. The normalized spacial score (nSPS) is 18.5. The number of amides is 2. The molecule has 1 fully saturated rings. The maximum atomic E-state index is 11.9. The van der Waals surface area contributed by atoms with E-state index in [2.05, 4.69) is 5.32 Å². The summed E-state index contributed by atoms with van der Waals surface area (Å²) < 4.78 is 10.2. The minimum Gasteiger partial charge on any atom is -0.450 e. The number of halogens is 1. The van der Waals surface area contributed by atoms with Crippen LogP contribution in [0.4, 0.5) is 10.5 Å². The molecule has 0 aromatic heterocycles. The molecule has 0 saturated carbocycles. The summed E-state index contributed by atoms with van der Waals surface area (Å²) in [4.78, 5) is 24.8. The number of hydrogen-bond acceptors (Lipinski definition) is 4. The van der Waals surface area contributed by atoms with E-state index in [1.165, 1.54) is 0 Å². The third-order valence-corrected chi connectivity index (χ3v) is 3.27. The third kappa shape index (κ3) is 4.34. The molecule has 2 amide bonds. The second-order valence-electron chi connectivity index (χ2n) is 4.52. The highest BCUT2D eigenvalue weighted by Crippen LogP contribution is 2.20. The van der Waals surface area contributed by atoms with Crippen LogP contribution in [0.1, 0.15) is 6.92 Å². The number of benzene rings is 1. The highest BCUT2D eigenvalue weighted by atomic mass is 35.5. The van der Waals surface area contributed by atoms with E-state index in [9.17, 15) is 9.59 Å². The van der Waals surface area contributed by atoms with Crippen molar-refractivity contribution < 1.29 is 19.1 Å². The maximum Gasteiger partial charge on any atom is 0.407 e. The molecule has 1 aliphatic heterocycles. The van der Waals surface area contributed by atoms with Gasteiger partial charge in [-0.25, -0.2) is 4.79 Å². The van der Waals surface area contributed by atoms with Crippen LogP contribution >= 0.6 is 11.6 Å². The monoisotopic (exact) mass is 312 g/mol. The van der Waals surface area contributed by atoms with E-state index in [4.69, 9.17) is 21.1 Å². The van der Waals surface area contributed by atoms with Crippen LogP contribution in [0, 0.1) is 0 Å². The summed E-state index contributed by atoms with van der Waals surface area (Å²) in [6, 6.07) is 7.01. The van der Waals surface area contributed by atoms with E-state index in [1.807, 2.05) is 0 Å². The molecule has 1 N–H and O–H groups in total. The number of morpholine rings is 1. The number of nitrogens with one attached hydrogen (secondary N) is 1. The Bertz CT molecular complexity index is 506. The highest BCUT2D eigenvalue weighted by Gasteiger charge is 2.27. The van der Waals surface area contributed by atoms with Gasteiger partial charge in [-0.1, -0.05) is 11.6 Å². The van der Waals surface area contributed by atoms with Crippen LogP contribution in [0.3, 0.4) is 0 Å². The SMILES string of the molecule is CCOC(=O)NCC1CN(c2ccc(Cl)cc2)C(=O)CO1. The molecule has 1 heterocycles. The fraction of sp³-hybridized carbons (Fsp3) is 0.429. The van der Waals surface area contributed by atoms with E-state index >= 15 is 0 Å². The van der Waals surface area contributed by atoms with Gasteiger partial charge in [0.25, 0.3) is 5.91 Å². The molecular weight excluding hydrogens is 296 g/mol. The Morgan fingerprint density at radius 2 is 2.19 bits per heavy atom. The molecule has 1 aromatic carbocycles. The first-order valence-electron chi connectivity index (χ1n) is 6.68. The first-order valence-corrected chi connectivity index (χ1v) is 7.06. The predicted molar refractivity (Wildman–Crippen MR) is 78.6 cm³/mol. The Balaban J connectivity index is 1.94. The summed E-state index contributed by atoms with van der Waals surface area (Å²) in [5.74, 6) is -0.121. The van der Waals surface area contributed by atoms with Crippen LogP contribution in [0.5, 0.6) is 0 Å². The summed E-state index contributed by atoms with van der Waals surface area (Å²) in [7, 11) is 0. The van der Waals surface area contributed by atoms with Crippen molar-refractivity contribution in [2.24, 2.45) is 0 Å². The second-order valence-corrected chi connectivity index (χ2v) is 4.95. The summed E-state index contributed by atoms with van der Waals surface area (Å²) in [5.41, 5.74) is 0.758. The van der Waals surface area contributed by atoms with Gasteiger partial charge >= 0.3 is 6.09 Å². The summed E-state index contributed by atoms with van der Waals surface area (Å²) in [5, 5.41) is 3.22. The molecule has 2 rings (SSSR count). The van der Waals surface area contributed by atoms with Gasteiger partial charge < -0.3 is 19.7 Å². The fourth-order valence-electron chi connectivity index (χ4n) is 2.00. The molecule has 114 valence electrons. The zero-order valence-electron chi connectivity index (χ0n) is 11.7. The fourth-order valence-corrected chi connectivity index (χ4v) is 2.12. The molecule has 1 aliphatic rings. The lowest BCUT2D eigenvalue weighted by molar-refractivity contribution is -0.129. The molecule has 1 atom stereocenters. The Labute approximate surface area is 128 Å². The van der Waals surface area contributed by atoms with E-state index in [0.717, 1.165) is 5.69 Å². The molecule has 1 aromatic rings. The number of carbonyl (C=O) groups excluding carboxylic acids is 2. The van der Waals surface area contributed by atoms with Crippen molar-refractivity contribution >= 4 is 29.3 Å². The van der Waals surface area contributed by atoms with Gasteiger partial charge in [-0.3, -0.25) is 4.79 Å². The van der Waals surface area contributed by atoms with Crippen molar-refractivity contribution in [1.82, 2.24) is 5.32 Å². The number of hydrogen-bond donors (Lipinski definition) is 1. The zero-order chi connectivity index (χ0) is 15.2. The van der Waals surface area contributed by atoms with Gasteiger partial charge in [0.1, 0.15) is 6.61 Å². The molecule has 1 saturated heterocycles. The lowest BCUT2D eigenvalue weighted by Gasteiger charge is -2.32. The minimum atomic E-state index is -0.490. The quantitative estimate of drug-likeness (QED) is 0.921. The van der Waals surface area contributed by atoms with Crippen LogP contribution in [-0.4, -0.2) is 44.4 Å². The number of rotatable bonds is 4. The van der Waals surface area contributed by atoms with Crippen LogP contribution in [-0.2, 0) is 14.3 Å². The van der Waals surface area contributed by atoms with Gasteiger partial charge in [0, 0.05) is 17.3 Å². The summed E-state index contributed by atoms with van der Waals surface area (Å²) in [6.45, 7) is 2.69. The van der Waals surface area contributed by atoms with Gasteiger partial charge in [0.05, 0.1) is 19.3 Å². The van der Waals surface area contributed by atoms with Gasteiger partial charge in [-0.15, -0.1) is 0 Å². The average molecular weight is 313 g/mol. The Morgan fingerprint density at radius 1 is 1.48 bits per heavy atom. The van der Waals surface area contributed by atoms with Crippen molar-refractivity contribution in [1.29, 1.82) is 0 Å². The molecule has 1 unspecified atom stereocenters. The zero-order valence-corrected chi connectivity index (χ0v) is 12.4. The predicted octanol–water partition coefficient (Wildman–Crippen LogP) is 1.82. The van der Waals surface area contributed by atoms with E-state index in [-0.39, 0.29) is 25.2 Å². The van der Waals surface area contributed by atoms with Crippen molar-refractivity contribution in [3.05, 3.63) is 29.3 Å². The van der Waals surface area contributed by atoms with Crippen molar-refractivity contribution in [3.63, 3.8) is 0 Å². The number of anilines is 1. The second kappa shape index (κ2) is 7.28. The van der Waals surface area contributed by atoms with Crippen LogP contribution < -0.4 is 10.2 Å². The lowest BCUT2D eigenvalue weighted by Crippen LogP contribution is -2.50. The van der Waals surface area contributed by atoms with E-state index in [0.29, 0.717) is 18.2 Å². The smallest absolute Gasteiger partial charge is 0.407 e. The Kier molecular flexibility index (Phi) is 5.41. The first kappa shape index (κ1) is 15.6. The van der Waals surface area contributed by atoms with Crippen LogP contribution in [0.15, 0.2) is 24.3 Å². The molecule has 6 nitrogen and oxygen atoms in total. The summed E-state index contributed by atoms with van der Waals surface area (Å²) in [6.07, 6.45) is -0.765. The summed E-state index contributed by atoms with van der Waals surface area (Å²) >= 11 is 5.84. The number of ether oxygens (including phenoxy) is 2. The third-order valence-electron chi connectivity index (χ3n) is 3.02. The van der Waals surface area contributed by atoms with E-state index in [1.54, 1.807) is 36.1 Å². The topological polar surface area (TPSA) is 67.9 Å². The van der Waals surface area contributed by atoms with Crippen LogP contribution in [0.25, 0.3) is 0 Å². The van der Waals surface area contributed by atoms with Crippen molar-refractivity contribution in [2.75, 3.05) is 31.2 Å². The lowest BCUT2D eigenvalue weighted by atomic mass is 10.2. The van der Waals surface area contributed by atoms with Gasteiger partial charge in [-0.2, -0.15) is 0 Å². The average Bonchev–Trinajstić information content (AvgIpc) is 2.48. The van der Waals surface area contributed by atoms with Crippen molar-refractivity contribution in [3.8, 4) is 0 Å². The standard InChI is InChI=1S/C14H17ClN2O4/c1-2-20-14(19)16-7-12-8-17(13(18)9-21-12)11-5-3-10(15)4-6-11/h3-6,12H,2,7-9H2,1H3,(H,16,19). The number of carbonyl (C=O) groups is 2. The maximum absolute atomic E-state index is 11.9. The molecule has 0 spiro atoms. The van der Waals surface area contributed by atoms with Gasteiger partial charge in [0.15, 0.2) is 0 Å².